The molecular weight excluding hydrogens is 226 g/mol. The minimum atomic E-state index is 0.367. The lowest BCUT2D eigenvalue weighted by molar-refractivity contribution is 0.0797. The van der Waals surface area contributed by atoms with E-state index in [2.05, 4.69) is 18.3 Å². The molecule has 0 amide bonds. The van der Waals surface area contributed by atoms with Crippen molar-refractivity contribution in [3.05, 3.63) is 29.3 Å². The van der Waals surface area contributed by atoms with Crippen LogP contribution < -0.4 is 5.32 Å². The van der Waals surface area contributed by atoms with Crippen molar-refractivity contribution in [1.82, 2.24) is 5.32 Å². The number of hydrogen-bond donors (Lipinski definition) is 2. The zero-order valence-electron chi connectivity index (χ0n) is 10.9. The smallest absolute Gasteiger partial charge is 0.115 e. The maximum atomic E-state index is 9.50. The van der Waals surface area contributed by atoms with E-state index in [4.69, 9.17) is 4.74 Å². The van der Waals surface area contributed by atoms with E-state index in [0.717, 1.165) is 19.4 Å². The van der Waals surface area contributed by atoms with Crippen LogP contribution in [-0.4, -0.2) is 23.9 Å². The van der Waals surface area contributed by atoms with Gasteiger partial charge in [-0.05, 0) is 55.9 Å². The van der Waals surface area contributed by atoms with Crippen molar-refractivity contribution >= 4 is 0 Å². The van der Waals surface area contributed by atoms with E-state index in [9.17, 15) is 5.11 Å². The molecule has 1 aromatic carbocycles. The first-order chi connectivity index (χ1) is 8.74. The van der Waals surface area contributed by atoms with Gasteiger partial charge in [0, 0.05) is 18.7 Å². The number of phenolic OH excluding ortho intramolecular Hbond substituents is 1. The molecule has 0 spiro atoms. The molecule has 18 heavy (non-hydrogen) atoms. The standard InChI is InChI=1S/C15H21NO2/c1-10(15-3-2-8-18-15)16-14-7-4-11-9-12(17)5-6-13(11)14/h5-6,9-10,14-17H,2-4,7-8H2,1H3. The zero-order valence-corrected chi connectivity index (χ0v) is 10.9. The Bertz CT molecular complexity index is 427. The van der Waals surface area contributed by atoms with E-state index < -0.39 is 0 Å². The Labute approximate surface area is 108 Å². The molecule has 1 saturated heterocycles. The lowest BCUT2D eigenvalue weighted by atomic mass is 10.0. The average Bonchev–Trinajstić information content (AvgIpc) is 2.98. The summed E-state index contributed by atoms with van der Waals surface area (Å²) in [5, 5.41) is 13.2. The van der Waals surface area contributed by atoms with Crippen LogP contribution in [-0.2, 0) is 11.2 Å². The van der Waals surface area contributed by atoms with Crippen LogP contribution in [0.4, 0.5) is 0 Å². The van der Waals surface area contributed by atoms with Gasteiger partial charge >= 0.3 is 0 Å². The number of aromatic hydroxyl groups is 1. The van der Waals surface area contributed by atoms with Crippen molar-refractivity contribution in [2.45, 2.75) is 50.8 Å². The Hall–Kier alpha value is -1.06. The van der Waals surface area contributed by atoms with E-state index in [-0.39, 0.29) is 0 Å². The van der Waals surface area contributed by atoms with Gasteiger partial charge in [-0.25, -0.2) is 0 Å². The molecule has 1 aliphatic heterocycles. The normalized spacial score (nSPS) is 28.3. The Kier molecular flexibility index (Phi) is 3.27. The quantitative estimate of drug-likeness (QED) is 0.862. The Morgan fingerprint density at radius 2 is 2.28 bits per heavy atom. The minimum absolute atomic E-state index is 0.367. The van der Waals surface area contributed by atoms with Crippen molar-refractivity contribution < 1.29 is 9.84 Å². The third kappa shape index (κ3) is 2.25. The van der Waals surface area contributed by atoms with Crippen molar-refractivity contribution in [1.29, 1.82) is 0 Å². The number of benzene rings is 1. The molecule has 3 atom stereocenters. The van der Waals surface area contributed by atoms with Gasteiger partial charge < -0.3 is 15.2 Å². The molecule has 1 fully saturated rings. The Morgan fingerprint density at radius 3 is 3.06 bits per heavy atom. The number of fused-ring (bicyclic) bond motifs is 1. The van der Waals surface area contributed by atoms with Crippen molar-refractivity contribution in [3.8, 4) is 5.75 Å². The van der Waals surface area contributed by atoms with Crippen molar-refractivity contribution in [2.75, 3.05) is 6.61 Å². The molecule has 2 aliphatic rings. The largest absolute Gasteiger partial charge is 0.508 e. The molecule has 2 N–H and O–H groups in total. The number of hydrogen-bond acceptors (Lipinski definition) is 3. The van der Waals surface area contributed by atoms with Crippen LogP contribution in [0.5, 0.6) is 5.75 Å². The predicted molar refractivity (Wildman–Crippen MR) is 70.7 cm³/mol. The summed E-state index contributed by atoms with van der Waals surface area (Å²) in [6.07, 6.45) is 4.90. The van der Waals surface area contributed by atoms with Crippen molar-refractivity contribution in [3.63, 3.8) is 0 Å². The van der Waals surface area contributed by atoms with Crippen LogP contribution >= 0.6 is 0 Å². The molecule has 3 heteroatoms. The fraction of sp³-hybridized carbons (Fsp3) is 0.600. The van der Waals surface area contributed by atoms with E-state index in [1.807, 2.05) is 6.07 Å². The summed E-state index contributed by atoms with van der Waals surface area (Å²) >= 11 is 0. The van der Waals surface area contributed by atoms with Gasteiger partial charge in [0.2, 0.25) is 0 Å². The van der Waals surface area contributed by atoms with Crippen LogP contribution in [0.1, 0.15) is 43.4 Å². The van der Waals surface area contributed by atoms with Gasteiger partial charge in [-0.15, -0.1) is 0 Å². The molecule has 1 aromatic rings. The third-order valence-corrected chi connectivity index (χ3v) is 4.19. The zero-order chi connectivity index (χ0) is 12.5. The van der Waals surface area contributed by atoms with Crippen LogP contribution in [0.3, 0.4) is 0 Å². The Morgan fingerprint density at radius 1 is 1.39 bits per heavy atom. The van der Waals surface area contributed by atoms with Crippen molar-refractivity contribution in [2.24, 2.45) is 0 Å². The summed E-state index contributed by atoms with van der Waals surface area (Å²) in [5.41, 5.74) is 2.63. The second-order valence-electron chi connectivity index (χ2n) is 5.48. The first kappa shape index (κ1) is 12.0. The van der Waals surface area contributed by atoms with Crippen LogP contribution in [0.25, 0.3) is 0 Å². The molecule has 3 unspecified atom stereocenters. The van der Waals surface area contributed by atoms with Gasteiger partial charge in [0.25, 0.3) is 0 Å². The monoisotopic (exact) mass is 247 g/mol. The molecule has 0 saturated carbocycles. The molecule has 0 bridgehead atoms. The number of phenols is 1. The average molecular weight is 247 g/mol. The number of rotatable bonds is 3. The first-order valence-electron chi connectivity index (χ1n) is 6.93. The fourth-order valence-corrected chi connectivity index (χ4v) is 3.20. The van der Waals surface area contributed by atoms with Crippen LogP contribution in [0, 0.1) is 0 Å². The van der Waals surface area contributed by atoms with Gasteiger partial charge in [-0.3, -0.25) is 0 Å². The maximum Gasteiger partial charge on any atom is 0.115 e. The van der Waals surface area contributed by atoms with E-state index >= 15 is 0 Å². The van der Waals surface area contributed by atoms with E-state index in [0.29, 0.717) is 23.9 Å². The SMILES string of the molecule is CC(NC1CCc2cc(O)ccc21)C1CCCO1. The van der Waals surface area contributed by atoms with Gasteiger partial charge in [0.05, 0.1) is 6.10 Å². The highest BCUT2D eigenvalue weighted by atomic mass is 16.5. The lowest BCUT2D eigenvalue weighted by Crippen LogP contribution is -2.38. The Balaban J connectivity index is 1.68. The van der Waals surface area contributed by atoms with E-state index in [1.54, 1.807) is 6.07 Å². The van der Waals surface area contributed by atoms with Gasteiger partial charge in [0.15, 0.2) is 0 Å². The molecular formula is C15H21NO2. The highest BCUT2D eigenvalue weighted by molar-refractivity contribution is 5.40. The fourth-order valence-electron chi connectivity index (χ4n) is 3.20. The number of ether oxygens (including phenoxy) is 1. The van der Waals surface area contributed by atoms with E-state index in [1.165, 1.54) is 24.0 Å². The van der Waals surface area contributed by atoms with Gasteiger partial charge in [0.1, 0.15) is 5.75 Å². The summed E-state index contributed by atoms with van der Waals surface area (Å²) in [4.78, 5) is 0. The molecule has 1 aliphatic carbocycles. The maximum absolute atomic E-state index is 9.50. The lowest BCUT2D eigenvalue weighted by Gasteiger charge is -2.24. The molecule has 3 rings (SSSR count). The molecule has 0 radical (unpaired) electrons. The summed E-state index contributed by atoms with van der Waals surface area (Å²) in [6, 6.07) is 6.55. The van der Waals surface area contributed by atoms with Crippen LogP contribution in [0.15, 0.2) is 18.2 Å². The topological polar surface area (TPSA) is 41.5 Å². The van der Waals surface area contributed by atoms with Gasteiger partial charge in [-0.1, -0.05) is 6.07 Å². The van der Waals surface area contributed by atoms with Gasteiger partial charge in [-0.2, -0.15) is 0 Å². The molecule has 0 aromatic heterocycles. The van der Waals surface area contributed by atoms with Crippen LogP contribution in [0.2, 0.25) is 0 Å². The minimum Gasteiger partial charge on any atom is -0.508 e. The molecule has 98 valence electrons. The highest BCUT2D eigenvalue weighted by Gasteiger charge is 2.28. The summed E-state index contributed by atoms with van der Waals surface area (Å²) in [5.74, 6) is 0.376. The third-order valence-electron chi connectivity index (χ3n) is 4.19. The summed E-state index contributed by atoms with van der Waals surface area (Å²) < 4.78 is 5.73. The summed E-state index contributed by atoms with van der Waals surface area (Å²) in [7, 11) is 0. The second-order valence-corrected chi connectivity index (χ2v) is 5.48. The number of nitrogens with one attached hydrogen (secondary N) is 1. The first-order valence-corrected chi connectivity index (χ1v) is 6.93. The molecule has 1 heterocycles. The number of aryl methyl sites for hydroxylation is 1. The highest BCUT2D eigenvalue weighted by Crippen LogP contribution is 2.34. The molecule has 3 nitrogen and oxygen atoms in total. The summed E-state index contributed by atoms with van der Waals surface area (Å²) in [6.45, 7) is 3.13. The second kappa shape index (κ2) is 4.90. The predicted octanol–water partition coefficient (Wildman–Crippen LogP) is 2.54.